The average molecular weight is 240 g/mol. The van der Waals surface area contributed by atoms with Gasteiger partial charge < -0.3 is 10.2 Å². The molecule has 0 aromatic carbocycles. The Bertz CT molecular complexity index is 201. The zero-order valence-electron chi connectivity index (χ0n) is 12.4. The van der Waals surface area contributed by atoms with Gasteiger partial charge >= 0.3 is 0 Å². The molecule has 1 N–H and O–H groups in total. The Morgan fingerprint density at radius 1 is 1.24 bits per heavy atom. The molecule has 1 aliphatic heterocycles. The van der Waals surface area contributed by atoms with E-state index in [2.05, 4.69) is 37.9 Å². The summed E-state index contributed by atoms with van der Waals surface area (Å²) >= 11 is 0. The molecule has 1 saturated heterocycles. The number of hydrogen-bond donors (Lipinski definition) is 1. The average Bonchev–Trinajstić information content (AvgIpc) is 2.44. The number of hydrogen-bond acceptors (Lipinski definition) is 2. The van der Waals surface area contributed by atoms with Crippen molar-refractivity contribution in [2.24, 2.45) is 5.41 Å². The molecule has 1 aliphatic rings. The maximum atomic E-state index is 3.57. The summed E-state index contributed by atoms with van der Waals surface area (Å²) in [5, 5.41) is 3.57. The van der Waals surface area contributed by atoms with Gasteiger partial charge in [0.05, 0.1) is 0 Å². The standard InChI is InChI=1S/C15H32N2/c1-5-10-16-12-15(3,4)13-17-11-8-6-7-9-14(17)2/h14,16H,5-13H2,1-4H3. The summed E-state index contributed by atoms with van der Waals surface area (Å²) in [6.07, 6.45) is 6.86. The van der Waals surface area contributed by atoms with Gasteiger partial charge in [0.2, 0.25) is 0 Å². The van der Waals surface area contributed by atoms with E-state index in [1.54, 1.807) is 0 Å². The van der Waals surface area contributed by atoms with Crippen molar-refractivity contribution >= 4 is 0 Å². The fourth-order valence-corrected chi connectivity index (χ4v) is 2.78. The lowest BCUT2D eigenvalue weighted by atomic mass is 9.91. The van der Waals surface area contributed by atoms with Crippen molar-refractivity contribution in [3.63, 3.8) is 0 Å². The van der Waals surface area contributed by atoms with Gasteiger partial charge in [0.25, 0.3) is 0 Å². The van der Waals surface area contributed by atoms with E-state index in [1.165, 1.54) is 45.2 Å². The SMILES string of the molecule is CCCNCC(C)(C)CN1CCCCCC1C. The van der Waals surface area contributed by atoms with E-state index in [1.807, 2.05) is 0 Å². The molecular weight excluding hydrogens is 208 g/mol. The van der Waals surface area contributed by atoms with Crippen molar-refractivity contribution in [1.29, 1.82) is 0 Å². The minimum absolute atomic E-state index is 0.397. The molecule has 2 nitrogen and oxygen atoms in total. The fraction of sp³-hybridized carbons (Fsp3) is 1.00. The van der Waals surface area contributed by atoms with Gasteiger partial charge in [-0.2, -0.15) is 0 Å². The van der Waals surface area contributed by atoms with Crippen LogP contribution in [0.4, 0.5) is 0 Å². The molecule has 1 rings (SSSR count). The first-order valence-corrected chi connectivity index (χ1v) is 7.50. The van der Waals surface area contributed by atoms with Crippen molar-refractivity contribution in [3.8, 4) is 0 Å². The Hall–Kier alpha value is -0.0800. The molecule has 0 bridgehead atoms. The van der Waals surface area contributed by atoms with Gasteiger partial charge in [-0.15, -0.1) is 0 Å². The summed E-state index contributed by atoms with van der Waals surface area (Å²) in [6.45, 7) is 14.3. The van der Waals surface area contributed by atoms with Crippen LogP contribution >= 0.6 is 0 Å². The molecule has 0 amide bonds. The number of rotatable bonds is 6. The normalized spacial score (nSPS) is 23.6. The van der Waals surface area contributed by atoms with Crippen LogP contribution in [0, 0.1) is 5.41 Å². The van der Waals surface area contributed by atoms with Crippen LogP contribution in [-0.4, -0.2) is 37.1 Å². The molecule has 0 spiro atoms. The van der Waals surface area contributed by atoms with Crippen LogP contribution in [0.15, 0.2) is 0 Å². The molecule has 1 fully saturated rings. The highest BCUT2D eigenvalue weighted by Crippen LogP contribution is 2.22. The van der Waals surface area contributed by atoms with E-state index in [-0.39, 0.29) is 0 Å². The first kappa shape index (κ1) is 15.0. The molecule has 0 aromatic rings. The molecular formula is C15H32N2. The third-order valence-electron chi connectivity index (χ3n) is 3.85. The molecule has 0 aromatic heterocycles. The molecule has 102 valence electrons. The van der Waals surface area contributed by atoms with Crippen LogP contribution < -0.4 is 5.32 Å². The lowest BCUT2D eigenvalue weighted by Crippen LogP contribution is -2.44. The summed E-state index contributed by atoms with van der Waals surface area (Å²) in [4.78, 5) is 2.71. The highest BCUT2D eigenvalue weighted by molar-refractivity contribution is 4.80. The molecule has 17 heavy (non-hydrogen) atoms. The Morgan fingerprint density at radius 3 is 2.71 bits per heavy atom. The van der Waals surface area contributed by atoms with E-state index in [0.29, 0.717) is 5.41 Å². The Labute approximate surface area is 108 Å². The van der Waals surface area contributed by atoms with Crippen LogP contribution in [0.25, 0.3) is 0 Å². The van der Waals surface area contributed by atoms with Gasteiger partial charge in [0, 0.05) is 19.1 Å². The Morgan fingerprint density at radius 2 is 2.00 bits per heavy atom. The van der Waals surface area contributed by atoms with Crippen molar-refractivity contribution in [2.45, 2.75) is 65.8 Å². The highest BCUT2D eigenvalue weighted by atomic mass is 15.2. The van der Waals surface area contributed by atoms with Gasteiger partial charge in [-0.05, 0) is 44.7 Å². The zero-order chi connectivity index (χ0) is 12.7. The summed E-state index contributed by atoms with van der Waals surface area (Å²) in [6, 6.07) is 0.781. The predicted octanol–water partition coefficient (Wildman–Crippen LogP) is 3.28. The van der Waals surface area contributed by atoms with Crippen LogP contribution in [0.3, 0.4) is 0 Å². The summed E-state index contributed by atoms with van der Waals surface area (Å²) < 4.78 is 0. The Balaban J connectivity index is 2.38. The molecule has 0 saturated carbocycles. The number of nitrogens with one attached hydrogen (secondary N) is 1. The molecule has 2 heteroatoms. The predicted molar refractivity (Wildman–Crippen MR) is 76.4 cm³/mol. The second-order valence-electron chi connectivity index (χ2n) is 6.51. The van der Waals surface area contributed by atoms with Gasteiger partial charge in [0.15, 0.2) is 0 Å². The molecule has 0 radical (unpaired) electrons. The van der Waals surface area contributed by atoms with Gasteiger partial charge in [-0.25, -0.2) is 0 Å². The van der Waals surface area contributed by atoms with E-state index >= 15 is 0 Å². The Kier molecular flexibility index (Phi) is 6.50. The van der Waals surface area contributed by atoms with Gasteiger partial charge in [-0.3, -0.25) is 0 Å². The summed E-state index contributed by atoms with van der Waals surface area (Å²) in [7, 11) is 0. The summed E-state index contributed by atoms with van der Waals surface area (Å²) in [5.41, 5.74) is 0.397. The summed E-state index contributed by atoms with van der Waals surface area (Å²) in [5.74, 6) is 0. The molecule has 0 aliphatic carbocycles. The van der Waals surface area contributed by atoms with Crippen molar-refractivity contribution in [1.82, 2.24) is 10.2 Å². The largest absolute Gasteiger partial charge is 0.316 e. The van der Waals surface area contributed by atoms with Gasteiger partial charge in [-0.1, -0.05) is 33.6 Å². The van der Waals surface area contributed by atoms with Crippen LogP contribution in [0.5, 0.6) is 0 Å². The van der Waals surface area contributed by atoms with E-state index in [9.17, 15) is 0 Å². The minimum Gasteiger partial charge on any atom is -0.316 e. The topological polar surface area (TPSA) is 15.3 Å². The smallest absolute Gasteiger partial charge is 0.00671 e. The van der Waals surface area contributed by atoms with Crippen LogP contribution in [0.1, 0.15) is 59.8 Å². The fourth-order valence-electron chi connectivity index (χ4n) is 2.78. The van der Waals surface area contributed by atoms with Crippen LogP contribution in [-0.2, 0) is 0 Å². The quantitative estimate of drug-likeness (QED) is 0.717. The first-order chi connectivity index (χ1) is 8.05. The maximum absolute atomic E-state index is 3.57. The molecule has 1 heterocycles. The minimum atomic E-state index is 0.397. The molecule has 1 unspecified atom stereocenters. The second kappa shape index (κ2) is 7.38. The third-order valence-corrected chi connectivity index (χ3v) is 3.85. The molecule has 1 atom stereocenters. The zero-order valence-corrected chi connectivity index (χ0v) is 12.4. The second-order valence-corrected chi connectivity index (χ2v) is 6.51. The monoisotopic (exact) mass is 240 g/mol. The van der Waals surface area contributed by atoms with Gasteiger partial charge in [0.1, 0.15) is 0 Å². The van der Waals surface area contributed by atoms with Crippen LogP contribution in [0.2, 0.25) is 0 Å². The third kappa shape index (κ3) is 5.87. The first-order valence-electron chi connectivity index (χ1n) is 7.50. The lowest BCUT2D eigenvalue weighted by Gasteiger charge is -2.35. The van der Waals surface area contributed by atoms with E-state index in [4.69, 9.17) is 0 Å². The van der Waals surface area contributed by atoms with Crippen molar-refractivity contribution in [2.75, 3.05) is 26.2 Å². The van der Waals surface area contributed by atoms with Crippen molar-refractivity contribution < 1.29 is 0 Å². The van der Waals surface area contributed by atoms with E-state index < -0.39 is 0 Å². The van der Waals surface area contributed by atoms with Crippen molar-refractivity contribution in [3.05, 3.63) is 0 Å². The number of likely N-dealkylation sites (tertiary alicyclic amines) is 1. The lowest BCUT2D eigenvalue weighted by molar-refractivity contribution is 0.137. The highest BCUT2D eigenvalue weighted by Gasteiger charge is 2.25. The van der Waals surface area contributed by atoms with E-state index in [0.717, 1.165) is 19.1 Å². The number of nitrogens with zero attached hydrogens (tertiary/aromatic N) is 1. The maximum Gasteiger partial charge on any atom is 0.00671 e.